The minimum absolute atomic E-state index is 0.0510. The van der Waals surface area contributed by atoms with Crippen LogP contribution in [-0.2, 0) is 14.6 Å². The Bertz CT molecular complexity index is 406. The van der Waals surface area contributed by atoms with Crippen molar-refractivity contribution in [1.29, 1.82) is 0 Å². The van der Waals surface area contributed by atoms with Gasteiger partial charge in [0.25, 0.3) is 0 Å². The molecular weight excluding hydrogens is 228 g/mol. The molecule has 0 saturated carbocycles. The standard InChI is InChI=1S/C10H18N2O3S/c1-10(2-3-16(14,15)7-10)12-6-8(5-11)4-9(12)13/h8H,2-7,11H2,1H3. The van der Waals surface area contributed by atoms with E-state index in [9.17, 15) is 13.2 Å². The Kier molecular flexibility index (Phi) is 2.74. The molecule has 92 valence electrons. The van der Waals surface area contributed by atoms with Crippen molar-refractivity contribution >= 4 is 15.7 Å². The highest BCUT2D eigenvalue weighted by Crippen LogP contribution is 2.34. The predicted octanol–water partition coefficient (Wildman–Crippen LogP) is -0.629. The summed E-state index contributed by atoms with van der Waals surface area (Å²) < 4.78 is 23.0. The molecule has 2 saturated heterocycles. The largest absolute Gasteiger partial charge is 0.336 e. The van der Waals surface area contributed by atoms with E-state index in [2.05, 4.69) is 0 Å². The fourth-order valence-electron chi connectivity index (χ4n) is 2.67. The third-order valence-electron chi connectivity index (χ3n) is 3.67. The highest BCUT2D eigenvalue weighted by atomic mass is 32.2. The maximum Gasteiger partial charge on any atom is 0.223 e. The maximum absolute atomic E-state index is 11.8. The Morgan fingerprint density at radius 2 is 2.25 bits per heavy atom. The average molecular weight is 246 g/mol. The fraction of sp³-hybridized carbons (Fsp3) is 0.900. The number of carbonyl (C=O) groups is 1. The molecule has 2 rings (SSSR count). The van der Waals surface area contributed by atoms with Gasteiger partial charge in [-0.2, -0.15) is 0 Å². The molecule has 0 radical (unpaired) electrons. The van der Waals surface area contributed by atoms with Gasteiger partial charge in [-0.1, -0.05) is 0 Å². The highest BCUT2D eigenvalue weighted by Gasteiger charge is 2.47. The second-order valence-corrected chi connectivity index (χ2v) is 7.33. The van der Waals surface area contributed by atoms with Gasteiger partial charge in [0.15, 0.2) is 9.84 Å². The van der Waals surface area contributed by atoms with Crippen molar-refractivity contribution in [2.75, 3.05) is 24.6 Å². The molecule has 0 aromatic carbocycles. The van der Waals surface area contributed by atoms with Gasteiger partial charge in [0, 0.05) is 13.0 Å². The van der Waals surface area contributed by atoms with Gasteiger partial charge in [-0.3, -0.25) is 4.79 Å². The number of nitrogens with zero attached hydrogens (tertiary/aromatic N) is 1. The summed E-state index contributed by atoms with van der Waals surface area (Å²) in [6, 6.07) is 0. The van der Waals surface area contributed by atoms with E-state index in [1.54, 1.807) is 4.90 Å². The van der Waals surface area contributed by atoms with Crippen molar-refractivity contribution in [3.05, 3.63) is 0 Å². The minimum Gasteiger partial charge on any atom is -0.336 e. The average Bonchev–Trinajstić information content (AvgIpc) is 2.68. The molecule has 1 amide bonds. The summed E-state index contributed by atoms with van der Waals surface area (Å²) in [4.78, 5) is 13.6. The summed E-state index contributed by atoms with van der Waals surface area (Å²) in [5, 5.41) is 0. The van der Waals surface area contributed by atoms with Gasteiger partial charge in [-0.05, 0) is 25.8 Å². The van der Waals surface area contributed by atoms with E-state index in [1.165, 1.54) is 0 Å². The van der Waals surface area contributed by atoms with Crippen LogP contribution in [0.4, 0.5) is 0 Å². The first-order valence-corrected chi connectivity index (χ1v) is 7.39. The molecule has 16 heavy (non-hydrogen) atoms. The normalized spacial score (nSPS) is 38.2. The Hall–Kier alpha value is -0.620. The number of carbonyl (C=O) groups excluding carboxylic acids is 1. The van der Waals surface area contributed by atoms with E-state index in [-0.39, 0.29) is 23.3 Å². The van der Waals surface area contributed by atoms with E-state index in [0.717, 1.165) is 0 Å². The number of nitrogens with two attached hydrogens (primary N) is 1. The number of amides is 1. The van der Waals surface area contributed by atoms with Crippen molar-refractivity contribution in [1.82, 2.24) is 4.90 Å². The van der Waals surface area contributed by atoms with Crippen molar-refractivity contribution in [3.63, 3.8) is 0 Å². The van der Waals surface area contributed by atoms with Gasteiger partial charge in [0.1, 0.15) is 0 Å². The number of likely N-dealkylation sites (tertiary alicyclic amines) is 1. The van der Waals surface area contributed by atoms with Gasteiger partial charge >= 0.3 is 0 Å². The molecule has 0 aromatic rings. The van der Waals surface area contributed by atoms with Gasteiger partial charge in [-0.25, -0.2) is 8.42 Å². The Morgan fingerprint density at radius 3 is 2.69 bits per heavy atom. The van der Waals surface area contributed by atoms with Crippen molar-refractivity contribution in [3.8, 4) is 0 Å². The highest BCUT2D eigenvalue weighted by molar-refractivity contribution is 7.91. The number of hydrogen-bond acceptors (Lipinski definition) is 4. The Morgan fingerprint density at radius 1 is 1.56 bits per heavy atom. The number of rotatable bonds is 2. The van der Waals surface area contributed by atoms with Crippen LogP contribution in [0.1, 0.15) is 19.8 Å². The summed E-state index contributed by atoms with van der Waals surface area (Å²) in [5.74, 6) is 0.534. The first-order valence-electron chi connectivity index (χ1n) is 5.57. The summed E-state index contributed by atoms with van der Waals surface area (Å²) in [5.41, 5.74) is 5.06. The molecule has 0 bridgehead atoms. The predicted molar refractivity (Wildman–Crippen MR) is 60.6 cm³/mol. The smallest absolute Gasteiger partial charge is 0.223 e. The minimum atomic E-state index is -2.96. The molecule has 5 nitrogen and oxygen atoms in total. The first-order chi connectivity index (χ1) is 7.36. The van der Waals surface area contributed by atoms with E-state index < -0.39 is 15.4 Å². The van der Waals surface area contributed by atoms with Crippen LogP contribution in [0.3, 0.4) is 0 Å². The summed E-state index contributed by atoms with van der Waals surface area (Å²) in [7, 11) is -2.96. The van der Waals surface area contributed by atoms with Gasteiger partial charge in [0.05, 0.1) is 17.0 Å². The second kappa shape index (κ2) is 3.70. The van der Waals surface area contributed by atoms with Crippen LogP contribution in [0.2, 0.25) is 0 Å². The lowest BCUT2D eigenvalue weighted by Crippen LogP contribution is -2.48. The maximum atomic E-state index is 11.8. The first kappa shape index (κ1) is 11.9. The molecule has 2 heterocycles. The van der Waals surface area contributed by atoms with E-state index in [1.807, 2.05) is 6.92 Å². The molecule has 0 aromatic heterocycles. The van der Waals surface area contributed by atoms with Gasteiger partial charge < -0.3 is 10.6 Å². The summed E-state index contributed by atoms with van der Waals surface area (Å²) >= 11 is 0. The third kappa shape index (κ3) is 1.96. The van der Waals surface area contributed by atoms with Crippen LogP contribution in [0.5, 0.6) is 0 Å². The SMILES string of the molecule is CC1(N2CC(CN)CC2=O)CCS(=O)(=O)C1. The van der Waals surface area contributed by atoms with E-state index in [4.69, 9.17) is 5.73 Å². The van der Waals surface area contributed by atoms with Crippen LogP contribution < -0.4 is 5.73 Å². The van der Waals surface area contributed by atoms with Crippen molar-refractivity contribution in [2.24, 2.45) is 11.7 Å². The fourth-order valence-corrected chi connectivity index (χ4v) is 4.81. The second-order valence-electron chi connectivity index (χ2n) is 5.15. The zero-order chi connectivity index (χ0) is 12.0. The number of sulfone groups is 1. The van der Waals surface area contributed by atoms with Crippen LogP contribution in [-0.4, -0.2) is 49.4 Å². The Labute approximate surface area is 95.9 Å². The molecule has 2 aliphatic heterocycles. The molecule has 6 heteroatoms. The molecule has 2 atom stereocenters. The lowest BCUT2D eigenvalue weighted by Gasteiger charge is -2.34. The lowest BCUT2D eigenvalue weighted by molar-refractivity contribution is -0.131. The molecule has 0 aliphatic carbocycles. The van der Waals surface area contributed by atoms with E-state index >= 15 is 0 Å². The zero-order valence-electron chi connectivity index (χ0n) is 9.48. The number of hydrogen-bond donors (Lipinski definition) is 1. The molecule has 2 aliphatic rings. The molecular formula is C10H18N2O3S. The van der Waals surface area contributed by atoms with Crippen LogP contribution in [0.15, 0.2) is 0 Å². The molecule has 0 spiro atoms. The summed E-state index contributed by atoms with van der Waals surface area (Å²) in [6.45, 7) is 2.97. The summed E-state index contributed by atoms with van der Waals surface area (Å²) in [6.07, 6.45) is 1.02. The topological polar surface area (TPSA) is 80.5 Å². The lowest BCUT2D eigenvalue weighted by atomic mass is 10.00. The van der Waals surface area contributed by atoms with Gasteiger partial charge in [-0.15, -0.1) is 0 Å². The van der Waals surface area contributed by atoms with Gasteiger partial charge in [0.2, 0.25) is 5.91 Å². The zero-order valence-corrected chi connectivity index (χ0v) is 10.3. The van der Waals surface area contributed by atoms with Crippen LogP contribution in [0, 0.1) is 5.92 Å². The molecule has 2 N–H and O–H groups in total. The van der Waals surface area contributed by atoms with E-state index in [0.29, 0.717) is 25.9 Å². The van der Waals surface area contributed by atoms with Crippen LogP contribution in [0.25, 0.3) is 0 Å². The third-order valence-corrected chi connectivity index (χ3v) is 5.56. The van der Waals surface area contributed by atoms with Crippen molar-refractivity contribution in [2.45, 2.75) is 25.3 Å². The Balaban J connectivity index is 2.17. The molecule has 2 unspecified atom stereocenters. The van der Waals surface area contributed by atoms with Crippen LogP contribution >= 0.6 is 0 Å². The molecule has 2 fully saturated rings. The quantitative estimate of drug-likeness (QED) is 0.703. The monoisotopic (exact) mass is 246 g/mol. The van der Waals surface area contributed by atoms with Crippen molar-refractivity contribution < 1.29 is 13.2 Å².